The summed E-state index contributed by atoms with van der Waals surface area (Å²) < 4.78 is 0.728. The molecule has 0 amide bonds. The van der Waals surface area contributed by atoms with Crippen LogP contribution in [0.2, 0.25) is 9.36 Å². The van der Waals surface area contributed by atoms with Gasteiger partial charge >= 0.3 is 0 Å². The number of hydrogen-bond acceptors (Lipinski definition) is 2. The number of halogens is 2. The number of phenolic OH excluding ortho intramolecular Hbond substituents is 1. The first-order chi connectivity index (χ1) is 6.68. The second kappa shape index (κ2) is 3.81. The van der Waals surface area contributed by atoms with Crippen molar-refractivity contribution >= 4 is 34.5 Å². The summed E-state index contributed by atoms with van der Waals surface area (Å²) in [5.74, 6) is 0.0850. The number of rotatable bonds is 1. The van der Waals surface area contributed by atoms with Crippen molar-refractivity contribution < 1.29 is 5.11 Å². The molecule has 2 rings (SSSR count). The molecule has 1 aromatic heterocycles. The van der Waals surface area contributed by atoms with Crippen LogP contribution < -0.4 is 0 Å². The highest BCUT2D eigenvalue weighted by Gasteiger charge is 2.06. The molecule has 0 bridgehead atoms. The molecular weight excluding hydrogens is 239 g/mol. The third-order valence-corrected chi connectivity index (χ3v) is 3.35. The molecule has 0 saturated heterocycles. The van der Waals surface area contributed by atoms with E-state index in [0.717, 1.165) is 15.5 Å². The Balaban J connectivity index is 2.53. The van der Waals surface area contributed by atoms with Gasteiger partial charge in [-0.05, 0) is 29.1 Å². The standard InChI is InChI=1S/C10H6Cl2OS/c11-8-5-6(1-2-9(8)13)7-3-4-14-10(7)12/h1-5,13H. The third kappa shape index (κ3) is 1.73. The average Bonchev–Trinajstić information content (AvgIpc) is 2.57. The highest BCUT2D eigenvalue weighted by Crippen LogP contribution is 2.35. The van der Waals surface area contributed by atoms with E-state index in [-0.39, 0.29) is 5.75 Å². The van der Waals surface area contributed by atoms with Crippen LogP contribution in [-0.2, 0) is 0 Å². The van der Waals surface area contributed by atoms with Gasteiger partial charge < -0.3 is 5.11 Å². The van der Waals surface area contributed by atoms with Crippen LogP contribution in [0.15, 0.2) is 29.6 Å². The highest BCUT2D eigenvalue weighted by molar-refractivity contribution is 7.15. The molecule has 0 saturated carbocycles. The first-order valence-electron chi connectivity index (χ1n) is 3.90. The molecule has 14 heavy (non-hydrogen) atoms. The van der Waals surface area contributed by atoms with Gasteiger partial charge in [0.05, 0.1) is 5.02 Å². The Morgan fingerprint density at radius 3 is 2.50 bits per heavy atom. The zero-order chi connectivity index (χ0) is 10.1. The number of aromatic hydroxyl groups is 1. The van der Waals surface area contributed by atoms with Crippen LogP contribution in [0.5, 0.6) is 5.75 Å². The van der Waals surface area contributed by atoms with Crippen molar-refractivity contribution in [1.29, 1.82) is 0 Å². The van der Waals surface area contributed by atoms with Gasteiger partial charge in [0.25, 0.3) is 0 Å². The lowest BCUT2D eigenvalue weighted by Gasteiger charge is -2.01. The van der Waals surface area contributed by atoms with Crippen LogP contribution in [0, 0.1) is 0 Å². The predicted octanol–water partition coefficient (Wildman–Crippen LogP) is 4.43. The monoisotopic (exact) mass is 244 g/mol. The van der Waals surface area contributed by atoms with Crippen molar-refractivity contribution in [3.63, 3.8) is 0 Å². The largest absolute Gasteiger partial charge is 0.506 e. The van der Waals surface area contributed by atoms with Crippen molar-refractivity contribution in [2.24, 2.45) is 0 Å². The molecule has 0 unspecified atom stereocenters. The summed E-state index contributed by atoms with van der Waals surface area (Å²) in [5.41, 5.74) is 1.86. The molecule has 1 aromatic carbocycles. The predicted molar refractivity (Wildman–Crippen MR) is 61.4 cm³/mol. The van der Waals surface area contributed by atoms with Gasteiger partial charge in [0.2, 0.25) is 0 Å². The van der Waals surface area contributed by atoms with E-state index in [9.17, 15) is 5.11 Å². The van der Waals surface area contributed by atoms with Gasteiger partial charge in [-0.25, -0.2) is 0 Å². The molecule has 0 aliphatic carbocycles. The second-order valence-electron chi connectivity index (χ2n) is 2.77. The van der Waals surface area contributed by atoms with Crippen molar-refractivity contribution in [3.8, 4) is 16.9 Å². The van der Waals surface area contributed by atoms with Crippen molar-refractivity contribution in [1.82, 2.24) is 0 Å². The lowest BCUT2D eigenvalue weighted by Crippen LogP contribution is -1.75. The molecule has 0 atom stereocenters. The topological polar surface area (TPSA) is 20.2 Å². The average molecular weight is 245 g/mol. The SMILES string of the molecule is Oc1ccc(-c2ccsc2Cl)cc1Cl. The van der Waals surface area contributed by atoms with E-state index in [4.69, 9.17) is 23.2 Å². The van der Waals surface area contributed by atoms with Crippen LogP contribution in [0.25, 0.3) is 11.1 Å². The maximum Gasteiger partial charge on any atom is 0.134 e. The molecule has 0 aliphatic rings. The van der Waals surface area contributed by atoms with Gasteiger partial charge in [-0.3, -0.25) is 0 Å². The van der Waals surface area contributed by atoms with E-state index in [1.54, 1.807) is 18.2 Å². The van der Waals surface area contributed by atoms with Crippen LogP contribution in [0.1, 0.15) is 0 Å². The molecule has 1 heterocycles. The zero-order valence-electron chi connectivity index (χ0n) is 7.00. The molecule has 0 fully saturated rings. The molecule has 1 N–H and O–H groups in total. The summed E-state index contributed by atoms with van der Waals surface area (Å²) in [6, 6.07) is 6.97. The lowest BCUT2D eigenvalue weighted by atomic mass is 10.1. The fraction of sp³-hybridized carbons (Fsp3) is 0. The van der Waals surface area contributed by atoms with Crippen molar-refractivity contribution in [2.45, 2.75) is 0 Å². The third-order valence-electron chi connectivity index (χ3n) is 1.88. The minimum atomic E-state index is 0.0850. The van der Waals surface area contributed by atoms with Gasteiger partial charge in [-0.15, -0.1) is 11.3 Å². The summed E-state index contributed by atoms with van der Waals surface area (Å²) in [4.78, 5) is 0. The zero-order valence-corrected chi connectivity index (χ0v) is 9.33. The minimum absolute atomic E-state index is 0.0850. The van der Waals surface area contributed by atoms with Gasteiger partial charge in [0, 0.05) is 5.56 Å². The van der Waals surface area contributed by atoms with Gasteiger partial charge in [0.15, 0.2) is 0 Å². The molecule has 2 aromatic rings. The van der Waals surface area contributed by atoms with Gasteiger partial charge in [-0.2, -0.15) is 0 Å². The summed E-state index contributed by atoms with van der Waals surface area (Å²) >= 11 is 13.2. The van der Waals surface area contributed by atoms with E-state index >= 15 is 0 Å². The molecule has 72 valence electrons. The maximum absolute atomic E-state index is 9.25. The van der Waals surface area contributed by atoms with Gasteiger partial charge in [0.1, 0.15) is 10.1 Å². The van der Waals surface area contributed by atoms with Crippen molar-refractivity contribution in [3.05, 3.63) is 39.0 Å². The lowest BCUT2D eigenvalue weighted by molar-refractivity contribution is 0.475. The van der Waals surface area contributed by atoms with Crippen LogP contribution >= 0.6 is 34.5 Å². The Bertz CT molecular complexity index is 465. The Morgan fingerprint density at radius 1 is 1.14 bits per heavy atom. The first-order valence-corrected chi connectivity index (χ1v) is 5.54. The van der Waals surface area contributed by atoms with E-state index in [1.165, 1.54) is 11.3 Å². The fourth-order valence-corrected chi connectivity index (χ4v) is 2.32. The second-order valence-corrected chi connectivity index (χ2v) is 4.70. The van der Waals surface area contributed by atoms with Crippen LogP contribution in [0.4, 0.5) is 0 Å². The Morgan fingerprint density at radius 2 is 1.93 bits per heavy atom. The Hall–Kier alpha value is -0.700. The van der Waals surface area contributed by atoms with E-state index in [0.29, 0.717) is 5.02 Å². The van der Waals surface area contributed by atoms with E-state index in [1.807, 2.05) is 11.4 Å². The molecule has 0 spiro atoms. The Labute approximate surface area is 95.5 Å². The highest BCUT2D eigenvalue weighted by atomic mass is 35.5. The first kappa shape index (κ1) is 9.84. The maximum atomic E-state index is 9.25. The summed E-state index contributed by atoms with van der Waals surface area (Å²) in [7, 11) is 0. The Kier molecular flexibility index (Phi) is 2.68. The number of hydrogen-bond donors (Lipinski definition) is 1. The molecule has 0 radical (unpaired) electrons. The van der Waals surface area contributed by atoms with E-state index in [2.05, 4.69) is 0 Å². The smallest absolute Gasteiger partial charge is 0.134 e. The number of benzene rings is 1. The summed E-state index contributed by atoms with van der Waals surface area (Å²) in [6.07, 6.45) is 0. The quantitative estimate of drug-likeness (QED) is 0.788. The molecular formula is C10H6Cl2OS. The summed E-state index contributed by atoms with van der Waals surface area (Å²) in [6.45, 7) is 0. The summed E-state index contributed by atoms with van der Waals surface area (Å²) in [5, 5.41) is 11.5. The molecule has 1 nitrogen and oxygen atoms in total. The normalized spacial score (nSPS) is 10.4. The number of thiophene rings is 1. The van der Waals surface area contributed by atoms with Gasteiger partial charge in [-0.1, -0.05) is 29.3 Å². The molecule has 0 aliphatic heterocycles. The molecule has 4 heteroatoms. The van der Waals surface area contributed by atoms with Crippen molar-refractivity contribution in [2.75, 3.05) is 0 Å². The van der Waals surface area contributed by atoms with Crippen LogP contribution in [-0.4, -0.2) is 5.11 Å². The van der Waals surface area contributed by atoms with E-state index < -0.39 is 0 Å². The minimum Gasteiger partial charge on any atom is -0.506 e. The number of phenols is 1. The van der Waals surface area contributed by atoms with Crippen LogP contribution in [0.3, 0.4) is 0 Å². The fourth-order valence-electron chi connectivity index (χ4n) is 1.17.